The molecule has 0 saturated heterocycles. The molecule has 0 amide bonds. The molecule has 0 aromatic carbocycles. The van der Waals surface area contributed by atoms with Gasteiger partial charge in [-0.3, -0.25) is 5.10 Å². The fourth-order valence-electron chi connectivity index (χ4n) is 0.890. The number of nitrogens with zero attached hydrogens (tertiary/aromatic N) is 2. The Hall–Kier alpha value is -1.53. The van der Waals surface area contributed by atoms with Gasteiger partial charge in [0.2, 0.25) is 5.88 Å². The lowest BCUT2D eigenvalue weighted by Crippen LogP contribution is -2.10. The Labute approximate surface area is 93.5 Å². The van der Waals surface area contributed by atoms with Gasteiger partial charge >= 0.3 is 5.97 Å². The van der Waals surface area contributed by atoms with Gasteiger partial charge in [0.1, 0.15) is 5.02 Å². The summed E-state index contributed by atoms with van der Waals surface area (Å²) >= 11 is 11.3. The molecule has 2 aromatic heterocycles. The first-order valence-electron chi connectivity index (χ1n) is 3.78. The summed E-state index contributed by atoms with van der Waals surface area (Å²) in [7, 11) is 0. The number of ether oxygens (including phenoxy) is 1. The minimum absolute atomic E-state index is 0.0577. The van der Waals surface area contributed by atoms with Gasteiger partial charge in [-0.2, -0.15) is 10.2 Å². The van der Waals surface area contributed by atoms with Gasteiger partial charge in [0.15, 0.2) is 5.69 Å². The highest BCUT2D eigenvalue weighted by Gasteiger charge is 2.17. The molecule has 0 bridgehead atoms. The van der Waals surface area contributed by atoms with Crippen LogP contribution in [-0.2, 0) is 0 Å². The number of H-pyrrole nitrogens is 2. The van der Waals surface area contributed by atoms with Crippen LogP contribution < -0.4 is 4.74 Å². The van der Waals surface area contributed by atoms with E-state index in [-0.39, 0.29) is 21.6 Å². The number of hydrogen-bond donors (Lipinski definition) is 2. The van der Waals surface area contributed by atoms with Crippen LogP contribution in [0.4, 0.5) is 0 Å². The van der Waals surface area contributed by atoms with Crippen molar-refractivity contribution in [2.75, 3.05) is 0 Å². The van der Waals surface area contributed by atoms with Gasteiger partial charge < -0.3 is 4.74 Å². The average Bonchev–Trinajstić information content (AvgIpc) is 2.76. The summed E-state index contributed by atoms with van der Waals surface area (Å²) in [6, 6.07) is 0. The summed E-state index contributed by atoms with van der Waals surface area (Å²) in [6.07, 6.45) is 2.62. The van der Waals surface area contributed by atoms with E-state index in [1.54, 1.807) is 0 Å². The second kappa shape index (κ2) is 3.92. The van der Waals surface area contributed by atoms with Crippen LogP contribution in [-0.4, -0.2) is 26.4 Å². The van der Waals surface area contributed by atoms with E-state index in [0.717, 1.165) is 0 Å². The number of aromatic amines is 2. The maximum atomic E-state index is 11.5. The van der Waals surface area contributed by atoms with E-state index < -0.39 is 5.97 Å². The zero-order valence-electron chi connectivity index (χ0n) is 7.12. The third kappa shape index (κ3) is 1.95. The molecule has 8 heteroatoms. The van der Waals surface area contributed by atoms with Gasteiger partial charge in [0.05, 0.1) is 17.4 Å². The summed E-state index contributed by atoms with van der Waals surface area (Å²) in [5, 5.41) is 12.4. The zero-order valence-corrected chi connectivity index (χ0v) is 8.63. The van der Waals surface area contributed by atoms with E-state index in [9.17, 15) is 4.79 Å². The topological polar surface area (TPSA) is 83.7 Å². The maximum Gasteiger partial charge on any atom is 0.364 e. The standard InChI is InChI=1S/C7H4Cl2N4O2/c8-3-1-10-12-5(3)7(14)15-6-4(9)2-11-13-6/h1-2H,(H,10,12)(H,11,13). The lowest BCUT2D eigenvalue weighted by atomic mass is 10.4. The van der Waals surface area contributed by atoms with Crippen LogP contribution in [0.5, 0.6) is 5.88 Å². The molecule has 2 aromatic rings. The van der Waals surface area contributed by atoms with Gasteiger partial charge in [-0.15, -0.1) is 0 Å². The van der Waals surface area contributed by atoms with E-state index in [2.05, 4.69) is 20.4 Å². The Balaban J connectivity index is 2.18. The van der Waals surface area contributed by atoms with Crippen LogP contribution in [0.1, 0.15) is 10.5 Å². The predicted octanol–water partition coefficient (Wildman–Crippen LogP) is 1.66. The molecular formula is C7H4Cl2N4O2. The van der Waals surface area contributed by atoms with Gasteiger partial charge in [0, 0.05) is 0 Å². The molecule has 15 heavy (non-hydrogen) atoms. The fraction of sp³-hybridized carbons (Fsp3) is 0. The quantitative estimate of drug-likeness (QED) is 0.790. The molecule has 0 spiro atoms. The first-order chi connectivity index (χ1) is 7.18. The number of esters is 1. The first kappa shape index (κ1) is 10.0. The molecule has 2 rings (SSSR count). The minimum atomic E-state index is -0.691. The Morgan fingerprint density at radius 1 is 1.20 bits per heavy atom. The van der Waals surface area contributed by atoms with E-state index in [4.69, 9.17) is 27.9 Å². The summed E-state index contributed by atoms with van der Waals surface area (Å²) in [5.41, 5.74) is 0.0577. The second-order valence-electron chi connectivity index (χ2n) is 2.53. The largest absolute Gasteiger partial charge is 0.402 e. The van der Waals surface area contributed by atoms with Crippen molar-refractivity contribution in [3.63, 3.8) is 0 Å². The SMILES string of the molecule is O=C(Oc1[nH]ncc1Cl)c1[nH]ncc1Cl. The third-order valence-corrected chi connectivity index (χ3v) is 2.11. The number of carbonyl (C=O) groups excluding carboxylic acids is 1. The van der Waals surface area contributed by atoms with Crippen LogP contribution >= 0.6 is 23.2 Å². The summed E-state index contributed by atoms with van der Waals surface area (Å²) in [5.74, 6) is -0.629. The monoisotopic (exact) mass is 246 g/mol. The molecule has 0 saturated carbocycles. The molecule has 0 fully saturated rings. The Bertz CT molecular complexity index is 493. The van der Waals surface area contributed by atoms with E-state index in [0.29, 0.717) is 0 Å². The molecule has 0 radical (unpaired) electrons. The van der Waals surface area contributed by atoms with Crippen LogP contribution in [0.2, 0.25) is 10.0 Å². The van der Waals surface area contributed by atoms with Gasteiger partial charge in [0.25, 0.3) is 0 Å². The van der Waals surface area contributed by atoms with Crippen molar-refractivity contribution in [2.24, 2.45) is 0 Å². The minimum Gasteiger partial charge on any atom is -0.402 e. The van der Waals surface area contributed by atoms with Crippen molar-refractivity contribution in [1.29, 1.82) is 0 Å². The molecule has 6 nitrogen and oxygen atoms in total. The number of rotatable bonds is 2. The Morgan fingerprint density at radius 3 is 2.40 bits per heavy atom. The smallest absolute Gasteiger partial charge is 0.364 e. The number of hydrogen-bond acceptors (Lipinski definition) is 4. The van der Waals surface area contributed by atoms with Crippen LogP contribution in [0.25, 0.3) is 0 Å². The second-order valence-corrected chi connectivity index (χ2v) is 3.34. The molecule has 0 atom stereocenters. The number of aromatic nitrogens is 4. The molecule has 2 heterocycles. The van der Waals surface area contributed by atoms with Crippen molar-refractivity contribution < 1.29 is 9.53 Å². The summed E-state index contributed by atoms with van der Waals surface area (Å²) in [4.78, 5) is 11.5. The molecular weight excluding hydrogens is 243 g/mol. The molecule has 0 aliphatic heterocycles. The molecule has 0 aliphatic carbocycles. The lowest BCUT2D eigenvalue weighted by Gasteiger charge is -1.99. The normalized spacial score (nSPS) is 10.3. The van der Waals surface area contributed by atoms with E-state index in [1.807, 2.05) is 0 Å². The zero-order chi connectivity index (χ0) is 10.8. The highest BCUT2D eigenvalue weighted by Crippen LogP contribution is 2.21. The van der Waals surface area contributed by atoms with E-state index >= 15 is 0 Å². The highest BCUT2D eigenvalue weighted by atomic mass is 35.5. The van der Waals surface area contributed by atoms with Crippen molar-refractivity contribution >= 4 is 29.2 Å². The van der Waals surface area contributed by atoms with Crippen LogP contribution in [0.15, 0.2) is 12.4 Å². The van der Waals surface area contributed by atoms with Gasteiger partial charge in [-0.1, -0.05) is 23.2 Å². The molecule has 2 N–H and O–H groups in total. The Morgan fingerprint density at radius 2 is 1.87 bits per heavy atom. The highest BCUT2D eigenvalue weighted by molar-refractivity contribution is 6.33. The lowest BCUT2D eigenvalue weighted by molar-refractivity contribution is 0.0721. The predicted molar refractivity (Wildman–Crippen MR) is 52.2 cm³/mol. The van der Waals surface area contributed by atoms with Crippen LogP contribution in [0.3, 0.4) is 0 Å². The van der Waals surface area contributed by atoms with Crippen molar-refractivity contribution in [1.82, 2.24) is 20.4 Å². The Kier molecular flexibility index (Phi) is 2.61. The van der Waals surface area contributed by atoms with Crippen molar-refractivity contribution in [3.8, 4) is 5.88 Å². The molecule has 0 unspecified atom stereocenters. The number of nitrogens with one attached hydrogen (secondary N) is 2. The summed E-state index contributed by atoms with van der Waals surface area (Å²) < 4.78 is 4.87. The van der Waals surface area contributed by atoms with E-state index in [1.165, 1.54) is 12.4 Å². The first-order valence-corrected chi connectivity index (χ1v) is 4.54. The fourth-order valence-corrected chi connectivity index (χ4v) is 1.19. The van der Waals surface area contributed by atoms with Crippen molar-refractivity contribution in [2.45, 2.75) is 0 Å². The van der Waals surface area contributed by atoms with Gasteiger partial charge in [-0.05, 0) is 0 Å². The number of carbonyl (C=O) groups is 1. The maximum absolute atomic E-state index is 11.5. The molecule has 78 valence electrons. The summed E-state index contributed by atoms with van der Waals surface area (Å²) in [6.45, 7) is 0. The van der Waals surface area contributed by atoms with Crippen molar-refractivity contribution in [3.05, 3.63) is 28.1 Å². The third-order valence-electron chi connectivity index (χ3n) is 1.55. The number of halogens is 2. The molecule has 0 aliphatic rings. The van der Waals surface area contributed by atoms with Gasteiger partial charge in [-0.25, -0.2) is 9.89 Å². The van der Waals surface area contributed by atoms with Crippen LogP contribution in [0, 0.1) is 0 Å². The average molecular weight is 247 g/mol.